The molecular weight excluding hydrogens is 116 g/mol. The van der Waals surface area contributed by atoms with Crippen LogP contribution in [-0.4, -0.2) is 30.2 Å². The van der Waals surface area contributed by atoms with Crippen LogP contribution in [-0.2, 0) is 0 Å². The van der Waals surface area contributed by atoms with E-state index in [1.807, 2.05) is 0 Å². The van der Waals surface area contributed by atoms with Gasteiger partial charge in [0, 0.05) is 0 Å². The molecule has 0 bridgehead atoms. The Morgan fingerprint density at radius 1 is 1.50 bits per heavy atom. The third-order valence-corrected chi connectivity index (χ3v) is 0.228. The van der Waals surface area contributed by atoms with Crippen LogP contribution in [0, 0.1) is 0 Å². The quantitative estimate of drug-likeness (QED) is 0.246. The van der Waals surface area contributed by atoms with Gasteiger partial charge >= 0.3 is 23.1 Å². The second-order valence-corrected chi connectivity index (χ2v) is 0.670. The molecule has 0 aliphatic carbocycles. The summed E-state index contributed by atoms with van der Waals surface area (Å²) in [7, 11) is 0.750. The van der Waals surface area contributed by atoms with Crippen LogP contribution in [0.2, 0.25) is 0 Å². The first-order valence-electron chi connectivity index (χ1n) is 1.66. The van der Waals surface area contributed by atoms with E-state index in [-0.39, 0.29) is 28.8 Å². The van der Waals surface area contributed by atoms with Gasteiger partial charge in [-0.25, -0.2) is 0 Å². The first-order valence-corrected chi connectivity index (χ1v) is 1.66. The molecule has 0 saturated heterocycles. The Hall–Kier alpha value is 0.00623. The Kier molecular flexibility index (Phi) is 30.9. The average Bonchev–Trinajstić information content (AvgIpc) is 1.73. The van der Waals surface area contributed by atoms with Crippen molar-refractivity contribution in [2.75, 3.05) is 7.11 Å². The minimum Gasteiger partial charge on any atom is -0.873 e. The summed E-state index contributed by atoms with van der Waals surface area (Å²) in [6.07, 6.45) is 1.17. The molecule has 0 radical (unpaired) electrons. The van der Waals surface area contributed by atoms with Crippen LogP contribution in [0.4, 0.5) is 0 Å². The van der Waals surface area contributed by atoms with Crippen LogP contribution < -0.4 is 10.2 Å². The van der Waals surface area contributed by atoms with Gasteiger partial charge in [-0.15, -0.1) is 12.3 Å². The SMILES string of the molecule is C=CC(=C)[O-].C[O-].[Mg+2]. The fourth-order valence-electron chi connectivity index (χ4n) is 0. The standard InChI is InChI=1S/C4H6O.CH3O.Mg/c1-3-4(2)5;1-2;/h3,5H,1-2H2;1H3;/q;-1;+2/p-1. The third-order valence-electron chi connectivity index (χ3n) is 0.228. The molecule has 0 aliphatic rings. The van der Waals surface area contributed by atoms with Crippen molar-refractivity contribution in [1.29, 1.82) is 0 Å². The van der Waals surface area contributed by atoms with Gasteiger partial charge in [0.2, 0.25) is 0 Å². The Morgan fingerprint density at radius 2 is 1.62 bits per heavy atom. The number of hydrogen-bond donors (Lipinski definition) is 0. The molecule has 0 aliphatic heterocycles. The molecular formula is C5H8MgO2. The van der Waals surface area contributed by atoms with E-state index in [0.717, 1.165) is 7.11 Å². The van der Waals surface area contributed by atoms with Gasteiger partial charge in [-0.2, -0.15) is 7.11 Å². The van der Waals surface area contributed by atoms with Gasteiger partial charge < -0.3 is 10.2 Å². The van der Waals surface area contributed by atoms with Crippen molar-refractivity contribution in [2.45, 2.75) is 0 Å². The fourth-order valence-corrected chi connectivity index (χ4v) is 0. The largest absolute Gasteiger partial charge is 2.00 e. The number of hydrogen-bond acceptors (Lipinski definition) is 2. The minimum absolute atomic E-state index is 0. The van der Waals surface area contributed by atoms with Gasteiger partial charge in [0.25, 0.3) is 0 Å². The Bertz CT molecular complexity index is 61.4. The molecule has 0 unspecified atom stereocenters. The summed E-state index contributed by atoms with van der Waals surface area (Å²) in [6, 6.07) is 0. The van der Waals surface area contributed by atoms with Crippen molar-refractivity contribution in [2.24, 2.45) is 0 Å². The van der Waals surface area contributed by atoms with Crippen LogP contribution >= 0.6 is 0 Å². The Balaban J connectivity index is -0.0000000750. The van der Waals surface area contributed by atoms with Crippen LogP contribution in [0.25, 0.3) is 0 Å². The summed E-state index contributed by atoms with van der Waals surface area (Å²) in [6.45, 7) is 6.15. The van der Waals surface area contributed by atoms with Gasteiger partial charge in [-0.3, -0.25) is 0 Å². The van der Waals surface area contributed by atoms with E-state index in [0.29, 0.717) is 0 Å². The zero-order valence-corrected chi connectivity index (χ0v) is 6.43. The molecule has 0 aromatic rings. The normalized spacial score (nSPS) is 4.75. The zero-order chi connectivity index (χ0) is 6.28. The molecule has 0 fully saturated rings. The molecule has 42 valence electrons. The van der Waals surface area contributed by atoms with Gasteiger partial charge in [0.1, 0.15) is 0 Å². The van der Waals surface area contributed by atoms with Gasteiger partial charge in [0.15, 0.2) is 0 Å². The molecule has 0 spiro atoms. The van der Waals surface area contributed by atoms with E-state index in [9.17, 15) is 5.11 Å². The Morgan fingerprint density at radius 3 is 1.62 bits per heavy atom. The first kappa shape index (κ1) is 15.7. The van der Waals surface area contributed by atoms with E-state index < -0.39 is 0 Å². The summed E-state index contributed by atoms with van der Waals surface area (Å²) in [4.78, 5) is 0. The summed E-state index contributed by atoms with van der Waals surface area (Å²) >= 11 is 0. The average molecular weight is 124 g/mol. The van der Waals surface area contributed by atoms with Crippen molar-refractivity contribution in [3.8, 4) is 0 Å². The second kappa shape index (κ2) is 15.7. The first-order chi connectivity index (χ1) is 3.27. The smallest absolute Gasteiger partial charge is 0.873 e. The van der Waals surface area contributed by atoms with Crippen molar-refractivity contribution in [3.63, 3.8) is 0 Å². The van der Waals surface area contributed by atoms with E-state index in [1.54, 1.807) is 0 Å². The molecule has 0 atom stereocenters. The van der Waals surface area contributed by atoms with Crippen molar-refractivity contribution < 1.29 is 10.2 Å². The van der Waals surface area contributed by atoms with Crippen molar-refractivity contribution >= 4 is 23.1 Å². The monoisotopic (exact) mass is 124 g/mol. The predicted octanol–water partition coefficient (Wildman–Crippen LogP) is -1.36. The summed E-state index contributed by atoms with van der Waals surface area (Å²) in [5, 5.41) is 17.8. The van der Waals surface area contributed by atoms with Gasteiger partial charge in [-0.1, -0.05) is 12.7 Å². The minimum atomic E-state index is -0.231. The maximum absolute atomic E-state index is 9.58. The zero-order valence-electron chi connectivity index (χ0n) is 5.02. The van der Waals surface area contributed by atoms with E-state index in [1.165, 1.54) is 6.08 Å². The van der Waals surface area contributed by atoms with Crippen LogP contribution in [0.15, 0.2) is 25.0 Å². The molecule has 0 aromatic heterocycles. The Labute approximate surface area is 65.7 Å². The molecule has 0 heterocycles. The number of rotatable bonds is 1. The predicted molar refractivity (Wildman–Crippen MR) is 31.0 cm³/mol. The van der Waals surface area contributed by atoms with Crippen molar-refractivity contribution in [1.82, 2.24) is 0 Å². The molecule has 3 heteroatoms. The topological polar surface area (TPSA) is 46.1 Å². The summed E-state index contributed by atoms with van der Waals surface area (Å²) in [5.41, 5.74) is 0. The van der Waals surface area contributed by atoms with Crippen LogP contribution in [0.1, 0.15) is 0 Å². The molecule has 0 N–H and O–H groups in total. The molecule has 0 saturated carbocycles. The molecule has 2 nitrogen and oxygen atoms in total. The van der Waals surface area contributed by atoms with E-state index in [4.69, 9.17) is 5.11 Å². The van der Waals surface area contributed by atoms with Crippen LogP contribution in [0.5, 0.6) is 0 Å². The third kappa shape index (κ3) is 37.4. The van der Waals surface area contributed by atoms with E-state index >= 15 is 0 Å². The molecule has 0 aromatic carbocycles. The van der Waals surface area contributed by atoms with Crippen molar-refractivity contribution in [3.05, 3.63) is 25.0 Å². The van der Waals surface area contributed by atoms with E-state index in [2.05, 4.69) is 13.2 Å². The summed E-state index contributed by atoms with van der Waals surface area (Å²) < 4.78 is 0. The van der Waals surface area contributed by atoms with Gasteiger partial charge in [-0.05, 0) is 0 Å². The maximum atomic E-state index is 9.58. The summed E-state index contributed by atoms with van der Waals surface area (Å²) in [5.74, 6) is -0.231. The van der Waals surface area contributed by atoms with Crippen LogP contribution in [0.3, 0.4) is 0 Å². The van der Waals surface area contributed by atoms with Gasteiger partial charge in [0.05, 0.1) is 0 Å². The number of allylic oxidation sites excluding steroid dienone is 1. The molecule has 0 rings (SSSR count). The fraction of sp³-hybridized carbons (Fsp3) is 0.200. The molecule has 0 amide bonds. The second-order valence-electron chi connectivity index (χ2n) is 0.670. The molecule has 8 heavy (non-hydrogen) atoms. The maximum Gasteiger partial charge on any atom is 2.00 e.